The van der Waals surface area contributed by atoms with Crippen molar-refractivity contribution in [2.75, 3.05) is 39.9 Å². The minimum absolute atomic E-state index is 0.0477. The van der Waals surface area contributed by atoms with Crippen molar-refractivity contribution in [1.29, 1.82) is 0 Å². The summed E-state index contributed by atoms with van der Waals surface area (Å²) in [5.74, 6) is 11.0. The molecule has 8 heteroatoms. The van der Waals surface area contributed by atoms with E-state index in [1.807, 2.05) is 13.8 Å². The van der Waals surface area contributed by atoms with E-state index < -0.39 is 22.0 Å². The summed E-state index contributed by atoms with van der Waals surface area (Å²) in [6.07, 6.45) is 0. The van der Waals surface area contributed by atoms with Gasteiger partial charge in [-0.2, -0.15) is 4.31 Å². The lowest BCUT2D eigenvalue weighted by molar-refractivity contribution is -0.146. The third-order valence-corrected chi connectivity index (χ3v) is 6.70. The van der Waals surface area contributed by atoms with Gasteiger partial charge in [-0.15, -0.1) is 5.92 Å². The van der Waals surface area contributed by atoms with Crippen LogP contribution in [0.25, 0.3) is 0 Å². The Morgan fingerprint density at radius 2 is 1.62 bits per heavy atom. The molecular formula is C24H34N2O5S. The minimum atomic E-state index is -4.02. The van der Waals surface area contributed by atoms with Gasteiger partial charge in [0.2, 0.25) is 10.0 Å². The average molecular weight is 463 g/mol. The molecule has 0 aliphatic carbocycles. The van der Waals surface area contributed by atoms with Crippen molar-refractivity contribution in [2.24, 2.45) is 5.92 Å². The Morgan fingerprint density at radius 1 is 1.03 bits per heavy atom. The third kappa shape index (κ3) is 7.87. The molecule has 7 nitrogen and oxygen atoms in total. The Morgan fingerprint density at radius 3 is 2.12 bits per heavy atom. The van der Waals surface area contributed by atoms with Crippen LogP contribution >= 0.6 is 0 Å². The largest absolute Gasteiger partial charge is 0.481 e. The average Bonchev–Trinajstić information content (AvgIpc) is 2.78. The van der Waals surface area contributed by atoms with Gasteiger partial charge in [0.25, 0.3) is 0 Å². The second kappa shape index (κ2) is 13.8. The Balaban J connectivity index is 3.27. The Bertz CT molecular complexity index is 946. The van der Waals surface area contributed by atoms with E-state index >= 15 is 0 Å². The molecule has 0 saturated carbocycles. The Hall–Kier alpha value is -2.52. The molecule has 0 aliphatic heterocycles. The Labute approximate surface area is 193 Å². The molecular weight excluding hydrogens is 428 g/mol. The fraction of sp³-hybridized carbons (Fsp3) is 0.542. The molecule has 0 bridgehead atoms. The van der Waals surface area contributed by atoms with Crippen LogP contribution in [0, 0.1) is 29.6 Å². The fourth-order valence-electron chi connectivity index (χ4n) is 2.96. The topological polar surface area (TPSA) is 76.2 Å². The number of hydrogen-bond donors (Lipinski definition) is 0. The molecule has 176 valence electrons. The first kappa shape index (κ1) is 27.5. The van der Waals surface area contributed by atoms with Crippen molar-refractivity contribution in [1.82, 2.24) is 9.21 Å². The summed E-state index contributed by atoms with van der Waals surface area (Å²) in [4.78, 5) is 14.7. The van der Waals surface area contributed by atoms with Gasteiger partial charge in [-0.3, -0.25) is 9.69 Å². The molecule has 0 N–H and O–H groups in total. The van der Waals surface area contributed by atoms with Gasteiger partial charge >= 0.3 is 5.97 Å². The van der Waals surface area contributed by atoms with Crippen LogP contribution in [-0.4, -0.2) is 69.5 Å². The number of nitrogens with zero attached hydrogens (tertiary/aromatic N) is 2. The van der Waals surface area contributed by atoms with E-state index in [-0.39, 0.29) is 24.0 Å². The normalized spacial score (nSPS) is 12.0. The lowest BCUT2D eigenvalue weighted by Crippen LogP contribution is -2.48. The van der Waals surface area contributed by atoms with Crippen molar-refractivity contribution in [3.05, 3.63) is 24.3 Å². The van der Waals surface area contributed by atoms with E-state index in [1.165, 1.54) is 19.2 Å². The van der Waals surface area contributed by atoms with Crippen LogP contribution < -0.4 is 4.74 Å². The zero-order chi connectivity index (χ0) is 24.1. The van der Waals surface area contributed by atoms with Crippen LogP contribution in [-0.2, 0) is 19.6 Å². The van der Waals surface area contributed by atoms with Crippen LogP contribution in [0.15, 0.2) is 29.2 Å². The second-order valence-corrected chi connectivity index (χ2v) is 9.15. The second-order valence-electron chi connectivity index (χ2n) is 7.26. The molecule has 32 heavy (non-hydrogen) atoms. The van der Waals surface area contributed by atoms with Crippen molar-refractivity contribution in [2.45, 2.75) is 45.6 Å². The summed E-state index contributed by atoms with van der Waals surface area (Å²) in [7, 11) is -2.77. The fourth-order valence-corrected chi connectivity index (χ4v) is 4.57. The first-order valence-corrected chi connectivity index (χ1v) is 12.1. The van der Waals surface area contributed by atoms with Gasteiger partial charge in [0, 0.05) is 0 Å². The van der Waals surface area contributed by atoms with Gasteiger partial charge in [0.05, 0.1) is 25.1 Å². The molecule has 1 unspecified atom stereocenters. The number of carbonyl (C=O) groups excluding carboxylic acids is 1. The molecule has 0 aliphatic rings. The Kier molecular flexibility index (Phi) is 11.9. The van der Waals surface area contributed by atoms with Crippen molar-refractivity contribution < 1.29 is 22.7 Å². The maximum atomic E-state index is 13.5. The molecule has 0 spiro atoms. The zero-order valence-corrected chi connectivity index (χ0v) is 20.7. The van der Waals surface area contributed by atoms with E-state index in [4.69, 9.17) is 9.47 Å². The maximum Gasteiger partial charge on any atom is 0.324 e. The zero-order valence-electron chi connectivity index (χ0n) is 19.8. The summed E-state index contributed by atoms with van der Waals surface area (Å²) in [6.45, 7) is 11.7. The number of esters is 1. The molecule has 0 fully saturated rings. The summed E-state index contributed by atoms with van der Waals surface area (Å²) < 4.78 is 38.5. The van der Waals surface area contributed by atoms with Crippen molar-refractivity contribution in [3.8, 4) is 29.4 Å². The predicted molar refractivity (Wildman–Crippen MR) is 125 cm³/mol. The van der Waals surface area contributed by atoms with Crippen LogP contribution in [0.4, 0.5) is 0 Å². The molecule has 1 aromatic carbocycles. The lowest BCUT2D eigenvalue weighted by atomic mass is 10.0. The summed E-state index contributed by atoms with van der Waals surface area (Å²) in [5, 5.41) is 0. The van der Waals surface area contributed by atoms with E-state index in [2.05, 4.69) is 28.6 Å². The smallest absolute Gasteiger partial charge is 0.324 e. The highest BCUT2D eigenvalue weighted by Crippen LogP contribution is 2.24. The molecule has 1 aromatic rings. The summed E-state index contributed by atoms with van der Waals surface area (Å²) >= 11 is 0. The highest BCUT2D eigenvalue weighted by Gasteiger charge is 2.38. The molecule has 0 heterocycles. The third-order valence-electron chi connectivity index (χ3n) is 4.86. The summed E-state index contributed by atoms with van der Waals surface area (Å²) in [5.41, 5.74) is 0. The standard InChI is InChI=1S/C24H34N2O5S/c1-7-10-19-31-21-13-15-22(16-14-21)32(28,29)26(23(20(4)5)24(27)30-6)18-12-11-17-25(8-2)9-3/h13-16,20,23H,8-9,17-19H2,1-6H3. The molecule has 1 rings (SSSR count). The van der Waals surface area contributed by atoms with Gasteiger partial charge in [-0.05, 0) is 50.2 Å². The van der Waals surface area contributed by atoms with E-state index in [9.17, 15) is 13.2 Å². The molecule has 0 saturated heterocycles. The number of carbonyl (C=O) groups is 1. The maximum absolute atomic E-state index is 13.5. The highest BCUT2D eigenvalue weighted by atomic mass is 32.2. The van der Waals surface area contributed by atoms with Gasteiger partial charge in [-0.25, -0.2) is 8.42 Å². The number of methoxy groups -OCH3 is 1. The van der Waals surface area contributed by atoms with Gasteiger partial charge in [0.1, 0.15) is 18.4 Å². The van der Waals surface area contributed by atoms with Gasteiger partial charge in [0.15, 0.2) is 0 Å². The minimum Gasteiger partial charge on any atom is -0.481 e. The predicted octanol–water partition coefficient (Wildman–Crippen LogP) is 2.62. The van der Waals surface area contributed by atoms with Crippen LogP contribution in [0.5, 0.6) is 5.75 Å². The number of ether oxygens (including phenoxy) is 2. The number of rotatable bonds is 11. The lowest BCUT2D eigenvalue weighted by Gasteiger charge is -2.30. The van der Waals surface area contributed by atoms with Crippen molar-refractivity contribution in [3.63, 3.8) is 0 Å². The summed E-state index contributed by atoms with van der Waals surface area (Å²) in [6, 6.07) is 5.04. The molecule has 0 radical (unpaired) electrons. The van der Waals surface area contributed by atoms with Gasteiger partial charge in [-0.1, -0.05) is 45.5 Å². The van der Waals surface area contributed by atoms with Crippen LogP contribution in [0.1, 0.15) is 34.6 Å². The van der Waals surface area contributed by atoms with E-state index in [0.29, 0.717) is 12.3 Å². The molecule has 1 atom stereocenters. The number of benzene rings is 1. The number of sulfonamides is 1. The van der Waals surface area contributed by atoms with Crippen molar-refractivity contribution >= 4 is 16.0 Å². The monoisotopic (exact) mass is 462 g/mol. The van der Waals surface area contributed by atoms with Crippen LogP contribution in [0.3, 0.4) is 0 Å². The highest BCUT2D eigenvalue weighted by molar-refractivity contribution is 7.89. The molecule has 0 amide bonds. The first-order chi connectivity index (χ1) is 15.2. The molecule has 0 aromatic heterocycles. The SMILES string of the molecule is CC#CCOc1ccc(S(=O)(=O)N(CC#CCN(CC)CC)C(C(=O)OC)C(C)C)cc1. The van der Waals surface area contributed by atoms with E-state index in [1.54, 1.807) is 32.9 Å². The first-order valence-electron chi connectivity index (χ1n) is 10.6. The van der Waals surface area contributed by atoms with Gasteiger partial charge < -0.3 is 9.47 Å². The van der Waals surface area contributed by atoms with E-state index in [0.717, 1.165) is 17.4 Å². The quantitative estimate of drug-likeness (QED) is 0.372. The number of hydrogen-bond acceptors (Lipinski definition) is 6. The van der Waals surface area contributed by atoms with Crippen LogP contribution in [0.2, 0.25) is 0 Å².